The summed E-state index contributed by atoms with van der Waals surface area (Å²) in [6.45, 7) is 0. The summed E-state index contributed by atoms with van der Waals surface area (Å²) in [4.78, 5) is 20.0. The van der Waals surface area contributed by atoms with Crippen molar-refractivity contribution < 1.29 is 39.5 Å². The summed E-state index contributed by atoms with van der Waals surface area (Å²) in [6.07, 6.45) is 1.54. The number of aromatic hydroxyl groups is 1. The van der Waals surface area contributed by atoms with Gasteiger partial charge in [0.15, 0.2) is 0 Å². The number of H-pyrrole nitrogens is 1. The number of aromatic nitrogens is 6. The monoisotopic (exact) mass is 312 g/mol. The van der Waals surface area contributed by atoms with Gasteiger partial charge in [-0.1, -0.05) is 5.10 Å². The number of hydrogen-bond donors (Lipinski definition) is 3. The van der Waals surface area contributed by atoms with E-state index in [1.54, 1.807) is 11.4 Å². The van der Waals surface area contributed by atoms with Crippen LogP contribution in [0.4, 0.5) is 5.95 Å². The molecule has 3 aromatic heterocycles. The summed E-state index contributed by atoms with van der Waals surface area (Å²) in [7, 11) is 0. The van der Waals surface area contributed by atoms with E-state index in [9.17, 15) is 9.90 Å². The van der Waals surface area contributed by atoms with Crippen LogP contribution in [-0.4, -0.2) is 41.6 Å². The van der Waals surface area contributed by atoms with E-state index < -0.39 is 5.91 Å². The van der Waals surface area contributed by atoms with Crippen LogP contribution in [0.5, 0.6) is 5.75 Å². The number of amides is 1. The topological polar surface area (TPSA) is 130 Å². The fraction of sp³-hybridized carbons (Fsp3) is 0. The molecule has 100 valence electrons. The second-order valence-electron chi connectivity index (χ2n) is 3.60. The van der Waals surface area contributed by atoms with Gasteiger partial charge in [0, 0.05) is 11.6 Å². The number of carbonyl (C=O) groups is 1. The second-order valence-corrected chi connectivity index (χ2v) is 4.46. The molecular weight excluding hydrogens is 305 g/mol. The number of carbonyl (C=O) groups excluding carboxylic acids is 1. The normalized spacial score (nSPS) is 9.90. The van der Waals surface area contributed by atoms with Gasteiger partial charge in [0.2, 0.25) is 0 Å². The van der Waals surface area contributed by atoms with Crippen LogP contribution in [0, 0.1) is 0 Å². The summed E-state index contributed by atoms with van der Waals surface area (Å²) in [5.41, 5.74) is 0.510. The summed E-state index contributed by atoms with van der Waals surface area (Å²) in [5.74, 6) is -0.401. The van der Waals surface area contributed by atoms with E-state index >= 15 is 0 Å². The second kappa shape index (κ2) is 6.72. The average Bonchev–Trinajstić information content (AvgIpc) is 3.10. The number of anilines is 1. The predicted molar refractivity (Wildman–Crippen MR) is 69.1 cm³/mol. The maximum absolute atomic E-state index is 11.9. The molecular formula is C10H7N7NaO2S+. The standard InChI is InChI=1S/C10H7N7O2S.Na/c18-6-2-1-3-11-7(6)9-12-5(4-20-9)8(19)13-10-14-16-17-15-10;/h1-4,18H,(H2,13,14,15,16,17,19);/q;+1. The third-order valence-electron chi connectivity index (χ3n) is 2.30. The fourth-order valence-electron chi connectivity index (χ4n) is 1.43. The summed E-state index contributed by atoms with van der Waals surface area (Å²) in [6, 6.07) is 3.11. The number of nitrogens with zero attached hydrogens (tertiary/aromatic N) is 5. The number of rotatable bonds is 3. The van der Waals surface area contributed by atoms with Crippen molar-refractivity contribution in [3.8, 4) is 16.5 Å². The van der Waals surface area contributed by atoms with Gasteiger partial charge >= 0.3 is 29.6 Å². The molecule has 11 heteroatoms. The molecule has 3 N–H and O–H groups in total. The number of aromatic amines is 1. The Balaban J connectivity index is 0.00000161. The van der Waals surface area contributed by atoms with Crippen molar-refractivity contribution in [2.24, 2.45) is 0 Å². The number of pyridine rings is 1. The van der Waals surface area contributed by atoms with Crippen LogP contribution in [0.15, 0.2) is 23.7 Å². The first-order valence-electron chi connectivity index (χ1n) is 5.39. The Morgan fingerprint density at radius 2 is 2.29 bits per heavy atom. The van der Waals surface area contributed by atoms with Crippen molar-refractivity contribution in [2.45, 2.75) is 0 Å². The van der Waals surface area contributed by atoms with Gasteiger partial charge in [-0.2, -0.15) is 5.21 Å². The van der Waals surface area contributed by atoms with Crippen LogP contribution >= 0.6 is 11.3 Å². The van der Waals surface area contributed by atoms with E-state index in [1.165, 1.54) is 23.6 Å². The molecule has 0 spiro atoms. The molecule has 9 nitrogen and oxygen atoms in total. The summed E-state index contributed by atoms with van der Waals surface area (Å²) in [5, 5.41) is 26.9. The Bertz CT molecular complexity index is 745. The van der Waals surface area contributed by atoms with Crippen LogP contribution in [0.1, 0.15) is 10.5 Å². The Kier molecular flexibility index (Phi) is 4.96. The van der Waals surface area contributed by atoms with E-state index in [2.05, 4.69) is 35.9 Å². The Labute approximate surface area is 144 Å². The van der Waals surface area contributed by atoms with E-state index in [0.717, 1.165) is 0 Å². The molecule has 0 saturated heterocycles. The molecule has 3 heterocycles. The largest absolute Gasteiger partial charge is 1.00 e. The molecule has 1 amide bonds. The summed E-state index contributed by atoms with van der Waals surface area (Å²) >= 11 is 1.20. The maximum atomic E-state index is 11.9. The van der Waals surface area contributed by atoms with Gasteiger partial charge in [-0.15, -0.1) is 16.4 Å². The van der Waals surface area contributed by atoms with Crippen molar-refractivity contribution >= 4 is 23.2 Å². The van der Waals surface area contributed by atoms with Crippen molar-refractivity contribution in [3.05, 3.63) is 29.4 Å². The van der Waals surface area contributed by atoms with E-state index in [1.807, 2.05) is 0 Å². The molecule has 0 atom stereocenters. The fourth-order valence-corrected chi connectivity index (χ4v) is 2.23. The van der Waals surface area contributed by atoms with Gasteiger partial charge in [-0.3, -0.25) is 10.1 Å². The predicted octanol–water partition coefficient (Wildman–Crippen LogP) is -2.32. The van der Waals surface area contributed by atoms with Crippen LogP contribution in [0.2, 0.25) is 0 Å². The first-order chi connectivity index (χ1) is 9.74. The first-order valence-corrected chi connectivity index (χ1v) is 6.26. The third kappa shape index (κ3) is 3.42. The molecule has 0 unspecified atom stereocenters. The van der Waals surface area contributed by atoms with Crippen LogP contribution in [-0.2, 0) is 0 Å². The van der Waals surface area contributed by atoms with Gasteiger partial charge in [0.1, 0.15) is 22.1 Å². The molecule has 0 aromatic carbocycles. The van der Waals surface area contributed by atoms with E-state index in [4.69, 9.17) is 0 Å². The zero-order valence-electron chi connectivity index (χ0n) is 10.8. The van der Waals surface area contributed by atoms with Gasteiger partial charge in [-0.25, -0.2) is 9.97 Å². The molecule has 21 heavy (non-hydrogen) atoms. The average molecular weight is 312 g/mol. The van der Waals surface area contributed by atoms with Gasteiger partial charge in [0.05, 0.1) is 0 Å². The van der Waals surface area contributed by atoms with Gasteiger partial charge < -0.3 is 5.11 Å². The quantitative estimate of drug-likeness (QED) is 0.463. The maximum Gasteiger partial charge on any atom is 1.00 e. The van der Waals surface area contributed by atoms with Crippen molar-refractivity contribution in [2.75, 3.05) is 5.32 Å². The van der Waals surface area contributed by atoms with Crippen LogP contribution < -0.4 is 34.9 Å². The summed E-state index contributed by atoms with van der Waals surface area (Å²) < 4.78 is 0. The van der Waals surface area contributed by atoms with E-state index in [0.29, 0.717) is 10.7 Å². The minimum atomic E-state index is -0.468. The van der Waals surface area contributed by atoms with Crippen molar-refractivity contribution in [3.63, 3.8) is 0 Å². The molecule has 0 aliphatic rings. The minimum absolute atomic E-state index is 0. The molecule has 0 bridgehead atoms. The van der Waals surface area contributed by atoms with E-state index in [-0.39, 0.29) is 46.9 Å². The number of nitrogens with one attached hydrogen (secondary N) is 2. The number of thiazole rings is 1. The molecule has 0 radical (unpaired) electrons. The first kappa shape index (κ1) is 15.5. The Hall–Kier alpha value is -1.88. The van der Waals surface area contributed by atoms with Crippen LogP contribution in [0.3, 0.4) is 0 Å². The minimum Gasteiger partial charge on any atom is -0.506 e. The molecule has 3 aromatic rings. The number of tetrazole rings is 1. The Morgan fingerprint density at radius 1 is 1.43 bits per heavy atom. The van der Waals surface area contributed by atoms with Gasteiger partial charge in [-0.05, 0) is 17.3 Å². The zero-order chi connectivity index (χ0) is 13.9. The van der Waals surface area contributed by atoms with Crippen LogP contribution in [0.25, 0.3) is 10.7 Å². The molecule has 0 fully saturated rings. The SMILES string of the molecule is O=C(Nc1nn[nH]n1)c1csc(-c2ncccc2O)n1.[Na+]. The molecule has 0 aliphatic heterocycles. The van der Waals surface area contributed by atoms with Crippen molar-refractivity contribution in [1.82, 2.24) is 30.6 Å². The number of hydrogen-bond acceptors (Lipinski definition) is 8. The van der Waals surface area contributed by atoms with Crippen molar-refractivity contribution in [1.29, 1.82) is 0 Å². The smallest absolute Gasteiger partial charge is 0.506 e. The third-order valence-corrected chi connectivity index (χ3v) is 3.15. The zero-order valence-corrected chi connectivity index (χ0v) is 13.6. The molecule has 0 aliphatic carbocycles. The Morgan fingerprint density at radius 3 is 3.00 bits per heavy atom. The molecule has 0 saturated carbocycles. The molecule has 3 rings (SSSR count). The van der Waals surface area contributed by atoms with Gasteiger partial charge in [0.25, 0.3) is 11.9 Å².